The maximum Gasteiger partial charge on any atom is 0.330 e. The topological polar surface area (TPSA) is 55.0 Å². The molecule has 1 aromatic heterocycles. The Balaban J connectivity index is 2.20. The van der Waals surface area contributed by atoms with Crippen LogP contribution in [0.25, 0.3) is 17.0 Å². The molecule has 0 bridgehead atoms. The fourth-order valence-electron chi connectivity index (χ4n) is 2.22. The van der Waals surface area contributed by atoms with E-state index in [1.54, 1.807) is 6.08 Å². The lowest BCUT2D eigenvalue weighted by molar-refractivity contribution is -0.138. The van der Waals surface area contributed by atoms with Gasteiger partial charge in [-0.2, -0.15) is 5.26 Å². The van der Waals surface area contributed by atoms with Crippen molar-refractivity contribution in [3.8, 4) is 6.07 Å². The molecule has 0 fully saturated rings. The van der Waals surface area contributed by atoms with Gasteiger partial charge in [0.2, 0.25) is 0 Å². The summed E-state index contributed by atoms with van der Waals surface area (Å²) < 4.78 is 7.17. The van der Waals surface area contributed by atoms with Crippen LogP contribution in [0, 0.1) is 17.2 Å². The maximum atomic E-state index is 11.7. The third-order valence-electron chi connectivity index (χ3n) is 3.24. The third kappa shape index (κ3) is 3.98. The summed E-state index contributed by atoms with van der Waals surface area (Å²) in [5.74, 6) is -0.00667. The molecule has 0 aliphatic carbocycles. The van der Waals surface area contributed by atoms with Crippen LogP contribution < -0.4 is 0 Å². The number of nitriles is 1. The number of carbonyl (C=O) groups is 1. The Kier molecular flexibility index (Phi) is 5.37. The van der Waals surface area contributed by atoms with Crippen LogP contribution in [0.5, 0.6) is 0 Å². The number of para-hydroxylation sites is 1. The summed E-state index contributed by atoms with van der Waals surface area (Å²) in [6, 6.07) is 10.1. The van der Waals surface area contributed by atoms with Crippen molar-refractivity contribution in [3.63, 3.8) is 0 Å². The zero-order valence-corrected chi connectivity index (χ0v) is 13.0. The fourth-order valence-corrected chi connectivity index (χ4v) is 2.22. The van der Waals surface area contributed by atoms with Crippen LogP contribution in [-0.2, 0) is 16.1 Å². The summed E-state index contributed by atoms with van der Waals surface area (Å²) in [6.45, 7) is 5.06. The molecule has 0 atom stereocenters. The van der Waals surface area contributed by atoms with Crippen LogP contribution in [0.15, 0.2) is 36.5 Å². The number of hydrogen-bond acceptors (Lipinski definition) is 3. The minimum Gasteiger partial charge on any atom is -0.462 e. The number of hydrogen-bond donors (Lipinski definition) is 0. The van der Waals surface area contributed by atoms with E-state index in [0.29, 0.717) is 25.5 Å². The summed E-state index contributed by atoms with van der Waals surface area (Å²) in [5, 5.41) is 9.81. The monoisotopic (exact) mass is 296 g/mol. The Hall–Kier alpha value is -2.54. The molecule has 2 aromatic rings. The van der Waals surface area contributed by atoms with Crippen molar-refractivity contribution in [2.24, 2.45) is 5.92 Å². The molecule has 0 unspecified atom stereocenters. The highest BCUT2D eigenvalue weighted by Gasteiger charge is 2.06. The molecule has 2 rings (SSSR count). The van der Waals surface area contributed by atoms with Crippen molar-refractivity contribution in [3.05, 3.63) is 42.1 Å². The van der Waals surface area contributed by atoms with Crippen molar-refractivity contribution < 1.29 is 9.53 Å². The Morgan fingerprint density at radius 3 is 2.91 bits per heavy atom. The summed E-state index contributed by atoms with van der Waals surface area (Å²) in [4.78, 5) is 11.7. The smallest absolute Gasteiger partial charge is 0.330 e. The number of ether oxygens (including phenoxy) is 1. The van der Waals surface area contributed by atoms with Crippen molar-refractivity contribution >= 4 is 22.9 Å². The van der Waals surface area contributed by atoms with Crippen molar-refractivity contribution in [2.75, 3.05) is 6.61 Å². The average molecular weight is 296 g/mol. The van der Waals surface area contributed by atoms with Gasteiger partial charge in [-0.25, -0.2) is 4.79 Å². The minimum atomic E-state index is -0.331. The normalized spacial score (nSPS) is 11.2. The van der Waals surface area contributed by atoms with Gasteiger partial charge in [0.15, 0.2) is 0 Å². The van der Waals surface area contributed by atoms with Crippen molar-refractivity contribution in [2.45, 2.75) is 26.8 Å². The number of carbonyl (C=O) groups excluding carboxylic acids is 1. The molecular weight excluding hydrogens is 276 g/mol. The number of aryl methyl sites for hydroxylation is 1. The van der Waals surface area contributed by atoms with Gasteiger partial charge in [0.25, 0.3) is 0 Å². The van der Waals surface area contributed by atoms with E-state index in [1.165, 1.54) is 6.08 Å². The van der Waals surface area contributed by atoms with Crippen LogP contribution in [0.3, 0.4) is 0 Å². The van der Waals surface area contributed by atoms with E-state index in [2.05, 4.69) is 6.07 Å². The van der Waals surface area contributed by atoms with E-state index >= 15 is 0 Å². The average Bonchev–Trinajstić information content (AvgIpc) is 2.87. The molecule has 0 amide bonds. The number of esters is 1. The predicted molar refractivity (Wildman–Crippen MR) is 87.0 cm³/mol. The number of aromatic nitrogens is 1. The van der Waals surface area contributed by atoms with Gasteiger partial charge in [-0.15, -0.1) is 0 Å². The SMILES string of the molecule is CC(C)COC(=O)/C=C/c1cn(CCC#N)c2ccccc12. The number of fused-ring (bicyclic) bond motifs is 1. The molecule has 4 heteroatoms. The van der Waals surface area contributed by atoms with Gasteiger partial charge >= 0.3 is 5.97 Å². The largest absolute Gasteiger partial charge is 0.462 e. The highest BCUT2D eigenvalue weighted by molar-refractivity contribution is 5.94. The second-order valence-electron chi connectivity index (χ2n) is 5.56. The summed E-state index contributed by atoms with van der Waals surface area (Å²) in [5.41, 5.74) is 2.02. The Morgan fingerprint density at radius 2 is 2.18 bits per heavy atom. The highest BCUT2D eigenvalue weighted by Crippen LogP contribution is 2.22. The predicted octanol–water partition coefficient (Wildman–Crippen LogP) is 3.77. The molecule has 4 nitrogen and oxygen atoms in total. The summed E-state index contributed by atoms with van der Waals surface area (Å²) in [6.07, 6.45) is 5.65. The second-order valence-corrected chi connectivity index (χ2v) is 5.56. The van der Waals surface area contributed by atoms with Crippen molar-refractivity contribution in [1.82, 2.24) is 4.57 Å². The molecule has 0 aliphatic rings. The lowest BCUT2D eigenvalue weighted by Crippen LogP contribution is -2.06. The Bertz CT molecular complexity index is 720. The maximum absolute atomic E-state index is 11.7. The van der Waals surface area contributed by atoms with Crippen LogP contribution in [0.2, 0.25) is 0 Å². The van der Waals surface area contributed by atoms with Gasteiger partial charge in [0, 0.05) is 35.3 Å². The second kappa shape index (κ2) is 7.46. The highest BCUT2D eigenvalue weighted by atomic mass is 16.5. The quantitative estimate of drug-likeness (QED) is 0.602. The standard InChI is InChI=1S/C18H20N2O2/c1-14(2)13-22-18(21)9-8-15-12-20(11-5-10-19)17-7-4-3-6-16(15)17/h3-4,6-9,12,14H,5,11,13H2,1-2H3/b9-8+. The van der Waals surface area contributed by atoms with E-state index < -0.39 is 0 Å². The molecular formula is C18H20N2O2. The van der Waals surface area contributed by atoms with Gasteiger partial charge in [0.05, 0.1) is 19.1 Å². The Labute approximate surface area is 130 Å². The molecule has 0 spiro atoms. The molecule has 22 heavy (non-hydrogen) atoms. The molecule has 0 aliphatic heterocycles. The molecule has 114 valence electrons. The van der Waals surface area contributed by atoms with Gasteiger partial charge < -0.3 is 9.30 Å². The van der Waals surface area contributed by atoms with Gasteiger partial charge in [-0.3, -0.25) is 0 Å². The van der Waals surface area contributed by atoms with Crippen LogP contribution in [0.1, 0.15) is 25.8 Å². The van der Waals surface area contributed by atoms with Gasteiger partial charge in [-0.05, 0) is 18.1 Å². The lowest BCUT2D eigenvalue weighted by Gasteiger charge is -2.03. The van der Waals surface area contributed by atoms with Crippen LogP contribution in [-0.4, -0.2) is 17.1 Å². The first-order chi connectivity index (χ1) is 10.6. The van der Waals surface area contributed by atoms with Crippen molar-refractivity contribution in [1.29, 1.82) is 5.26 Å². The van der Waals surface area contributed by atoms with E-state index in [-0.39, 0.29) is 5.97 Å². The van der Waals surface area contributed by atoms with E-state index in [0.717, 1.165) is 16.5 Å². The van der Waals surface area contributed by atoms with Crippen LogP contribution in [0.4, 0.5) is 0 Å². The Morgan fingerprint density at radius 1 is 1.41 bits per heavy atom. The third-order valence-corrected chi connectivity index (χ3v) is 3.24. The first kappa shape index (κ1) is 15.8. The van der Waals surface area contributed by atoms with E-state index in [1.807, 2.05) is 48.9 Å². The van der Waals surface area contributed by atoms with E-state index in [4.69, 9.17) is 10.00 Å². The first-order valence-electron chi connectivity index (χ1n) is 7.41. The molecule has 0 N–H and O–H groups in total. The number of benzene rings is 1. The zero-order valence-electron chi connectivity index (χ0n) is 13.0. The van der Waals surface area contributed by atoms with Gasteiger partial charge in [0.1, 0.15) is 0 Å². The van der Waals surface area contributed by atoms with Crippen LogP contribution >= 0.6 is 0 Å². The number of nitrogens with zero attached hydrogens (tertiary/aromatic N) is 2. The number of rotatable bonds is 6. The summed E-state index contributed by atoms with van der Waals surface area (Å²) >= 11 is 0. The summed E-state index contributed by atoms with van der Waals surface area (Å²) in [7, 11) is 0. The first-order valence-corrected chi connectivity index (χ1v) is 7.41. The molecule has 0 saturated heterocycles. The van der Waals surface area contributed by atoms with Gasteiger partial charge in [-0.1, -0.05) is 32.0 Å². The fraction of sp³-hybridized carbons (Fsp3) is 0.333. The molecule has 0 radical (unpaired) electrons. The van der Waals surface area contributed by atoms with E-state index in [9.17, 15) is 4.79 Å². The molecule has 0 saturated carbocycles. The molecule has 1 heterocycles. The zero-order chi connectivity index (χ0) is 15.9. The molecule has 1 aromatic carbocycles. The minimum absolute atomic E-state index is 0.324. The lowest BCUT2D eigenvalue weighted by atomic mass is 10.1.